The first-order valence-electron chi connectivity index (χ1n) is 6.89. The third-order valence-corrected chi connectivity index (χ3v) is 4.00. The summed E-state index contributed by atoms with van der Waals surface area (Å²) in [7, 11) is 1.34. The van der Waals surface area contributed by atoms with Crippen LogP contribution in [0.5, 0.6) is 0 Å². The first kappa shape index (κ1) is 15.8. The van der Waals surface area contributed by atoms with Crippen molar-refractivity contribution in [1.29, 1.82) is 0 Å². The SMILES string of the molecule is COC(=O)NC1CCN(C(C)C(=O)c2cccc(Cl)c2)C1. The number of likely N-dealkylation sites (tertiary alicyclic amines) is 1. The number of rotatable bonds is 4. The molecule has 1 N–H and O–H groups in total. The Morgan fingerprint density at radius 1 is 1.48 bits per heavy atom. The van der Waals surface area contributed by atoms with Crippen molar-refractivity contribution in [3.63, 3.8) is 0 Å². The van der Waals surface area contributed by atoms with Crippen molar-refractivity contribution in [1.82, 2.24) is 10.2 Å². The summed E-state index contributed by atoms with van der Waals surface area (Å²) in [5.41, 5.74) is 0.611. The van der Waals surface area contributed by atoms with E-state index in [0.717, 1.165) is 13.0 Å². The molecule has 6 heteroatoms. The lowest BCUT2D eigenvalue weighted by Crippen LogP contribution is -2.41. The molecule has 5 nitrogen and oxygen atoms in total. The van der Waals surface area contributed by atoms with Crippen molar-refractivity contribution in [2.75, 3.05) is 20.2 Å². The molecule has 1 aromatic carbocycles. The number of methoxy groups -OCH3 is 1. The number of carbonyl (C=O) groups excluding carboxylic acids is 2. The molecule has 0 saturated carbocycles. The first-order chi connectivity index (χ1) is 10.0. The zero-order chi connectivity index (χ0) is 15.4. The van der Waals surface area contributed by atoms with Crippen LogP contribution in [0.2, 0.25) is 5.02 Å². The van der Waals surface area contributed by atoms with Crippen LogP contribution in [0.1, 0.15) is 23.7 Å². The number of carbonyl (C=O) groups is 2. The smallest absolute Gasteiger partial charge is 0.407 e. The maximum Gasteiger partial charge on any atom is 0.407 e. The van der Waals surface area contributed by atoms with Gasteiger partial charge in [-0.05, 0) is 25.5 Å². The van der Waals surface area contributed by atoms with Gasteiger partial charge in [-0.2, -0.15) is 0 Å². The van der Waals surface area contributed by atoms with Crippen molar-refractivity contribution in [2.45, 2.75) is 25.4 Å². The average molecular weight is 311 g/mol. The van der Waals surface area contributed by atoms with Gasteiger partial charge in [0.25, 0.3) is 0 Å². The van der Waals surface area contributed by atoms with Gasteiger partial charge in [-0.3, -0.25) is 9.69 Å². The van der Waals surface area contributed by atoms with Crippen molar-refractivity contribution in [3.8, 4) is 0 Å². The minimum atomic E-state index is -0.435. The lowest BCUT2D eigenvalue weighted by Gasteiger charge is -2.23. The Labute approximate surface area is 129 Å². The summed E-state index contributed by atoms with van der Waals surface area (Å²) in [4.78, 5) is 25.7. The van der Waals surface area contributed by atoms with Crippen LogP contribution < -0.4 is 5.32 Å². The zero-order valence-corrected chi connectivity index (χ0v) is 12.9. The minimum Gasteiger partial charge on any atom is -0.453 e. The molecule has 1 aliphatic rings. The molecule has 1 aromatic rings. The molecule has 0 aromatic heterocycles. The van der Waals surface area contributed by atoms with Crippen LogP contribution in [0.3, 0.4) is 0 Å². The highest BCUT2D eigenvalue weighted by Crippen LogP contribution is 2.18. The van der Waals surface area contributed by atoms with Gasteiger partial charge in [0.2, 0.25) is 0 Å². The minimum absolute atomic E-state index is 0.0204. The van der Waals surface area contributed by atoms with Gasteiger partial charge in [-0.15, -0.1) is 0 Å². The van der Waals surface area contributed by atoms with E-state index in [0.29, 0.717) is 17.1 Å². The number of nitrogens with zero attached hydrogens (tertiary/aromatic N) is 1. The van der Waals surface area contributed by atoms with Crippen LogP contribution in [0.25, 0.3) is 0 Å². The number of ketones is 1. The molecule has 0 spiro atoms. The van der Waals surface area contributed by atoms with Gasteiger partial charge in [-0.1, -0.05) is 23.7 Å². The van der Waals surface area contributed by atoms with Crippen LogP contribution >= 0.6 is 11.6 Å². The van der Waals surface area contributed by atoms with Gasteiger partial charge >= 0.3 is 6.09 Å². The summed E-state index contributed by atoms with van der Waals surface area (Å²) in [5.74, 6) is 0.0382. The Hall–Kier alpha value is -1.59. The molecule has 2 rings (SSSR count). The van der Waals surface area contributed by atoms with E-state index in [-0.39, 0.29) is 17.9 Å². The van der Waals surface area contributed by atoms with E-state index in [9.17, 15) is 9.59 Å². The van der Waals surface area contributed by atoms with Crippen LogP contribution in [-0.2, 0) is 4.74 Å². The maximum absolute atomic E-state index is 12.5. The molecular formula is C15H19ClN2O3. The van der Waals surface area contributed by atoms with Gasteiger partial charge < -0.3 is 10.1 Å². The number of amides is 1. The lowest BCUT2D eigenvalue weighted by atomic mass is 10.0. The largest absolute Gasteiger partial charge is 0.453 e. The summed E-state index contributed by atoms with van der Waals surface area (Å²) in [5, 5.41) is 3.32. The number of hydrogen-bond donors (Lipinski definition) is 1. The number of halogens is 1. The predicted octanol–water partition coefficient (Wildman–Crippen LogP) is 2.34. The normalized spacial score (nSPS) is 20.0. The molecule has 114 valence electrons. The van der Waals surface area contributed by atoms with E-state index >= 15 is 0 Å². The molecule has 2 unspecified atom stereocenters. The predicted molar refractivity (Wildman–Crippen MR) is 80.8 cm³/mol. The second-order valence-corrected chi connectivity index (χ2v) is 5.60. The molecule has 21 heavy (non-hydrogen) atoms. The maximum atomic E-state index is 12.5. The molecule has 1 fully saturated rings. The molecule has 1 amide bonds. The molecule has 0 aliphatic carbocycles. The molecule has 0 radical (unpaired) electrons. The number of Topliss-reactive ketones (excluding diaryl/α,β-unsaturated/α-hetero) is 1. The monoisotopic (exact) mass is 310 g/mol. The second kappa shape index (κ2) is 6.91. The summed E-state index contributed by atoms with van der Waals surface area (Å²) in [6, 6.07) is 6.74. The fourth-order valence-electron chi connectivity index (χ4n) is 2.53. The van der Waals surface area contributed by atoms with E-state index < -0.39 is 6.09 Å². The molecular weight excluding hydrogens is 292 g/mol. The van der Waals surface area contributed by atoms with Gasteiger partial charge in [0.05, 0.1) is 13.2 Å². The summed E-state index contributed by atoms with van der Waals surface area (Å²) in [6.45, 7) is 3.29. The van der Waals surface area contributed by atoms with Crippen molar-refractivity contribution < 1.29 is 14.3 Å². The lowest BCUT2D eigenvalue weighted by molar-refractivity contribution is 0.0864. The fourth-order valence-corrected chi connectivity index (χ4v) is 2.72. The average Bonchev–Trinajstić information content (AvgIpc) is 2.94. The van der Waals surface area contributed by atoms with Crippen LogP contribution in [-0.4, -0.2) is 49.1 Å². The Morgan fingerprint density at radius 2 is 2.24 bits per heavy atom. The zero-order valence-electron chi connectivity index (χ0n) is 12.1. The van der Waals surface area contributed by atoms with Gasteiger partial charge in [0.15, 0.2) is 5.78 Å². The molecule has 0 bridgehead atoms. The highest BCUT2D eigenvalue weighted by molar-refractivity contribution is 6.31. The number of ether oxygens (including phenoxy) is 1. The van der Waals surface area contributed by atoms with Gasteiger partial charge in [0, 0.05) is 29.7 Å². The van der Waals surface area contributed by atoms with E-state index in [1.165, 1.54) is 7.11 Å². The third kappa shape index (κ3) is 3.95. The van der Waals surface area contributed by atoms with Crippen LogP contribution in [0.15, 0.2) is 24.3 Å². The molecule has 1 saturated heterocycles. The first-order valence-corrected chi connectivity index (χ1v) is 7.27. The Balaban J connectivity index is 1.96. The number of nitrogens with one attached hydrogen (secondary N) is 1. The quantitative estimate of drug-likeness (QED) is 0.867. The molecule has 1 aliphatic heterocycles. The van der Waals surface area contributed by atoms with Gasteiger partial charge in [0.1, 0.15) is 0 Å². The van der Waals surface area contributed by atoms with Crippen molar-refractivity contribution >= 4 is 23.5 Å². The van der Waals surface area contributed by atoms with Gasteiger partial charge in [-0.25, -0.2) is 4.79 Å². The fraction of sp³-hybridized carbons (Fsp3) is 0.467. The van der Waals surface area contributed by atoms with E-state index in [1.807, 2.05) is 6.92 Å². The summed E-state index contributed by atoms with van der Waals surface area (Å²) >= 11 is 5.92. The van der Waals surface area contributed by atoms with Crippen LogP contribution in [0, 0.1) is 0 Å². The molecule has 1 heterocycles. The summed E-state index contributed by atoms with van der Waals surface area (Å²) in [6.07, 6.45) is 0.373. The molecule has 2 atom stereocenters. The second-order valence-electron chi connectivity index (χ2n) is 5.17. The number of alkyl carbamates (subject to hydrolysis) is 1. The number of hydrogen-bond acceptors (Lipinski definition) is 4. The standard InChI is InChI=1S/C15H19ClN2O3/c1-10(14(19)11-4-3-5-12(16)8-11)18-7-6-13(9-18)17-15(20)21-2/h3-5,8,10,13H,6-7,9H2,1-2H3,(H,17,20). The topological polar surface area (TPSA) is 58.6 Å². The highest BCUT2D eigenvalue weighted by Gasteiger charge is 2.30. The Bertz CT molecular complexity index is 535. The van der Waals surface area contributed by atoms with E-state index in [1.54, 1.807) is 24.3 Å². The summed E-state index contributed by atoms with van der Waals surface area (Å²) < 4.78 is 4.59. The number of benzene rings is 1. The third-order valence-electron chi connectivity index (χ3n) is 3.76. The highest BCUT2D eigenvalue weighted by atomic mass is 35.5. The Morgan fingerprint density at radius 3 is 2.90 bits per heavy atom. The van der Waals surface area contributed by atoms with E-state index in [4.69, 9.17) is 11.6 Å². The van der Waals surface area contributed by atoms with E-state index in [2.05, 4.69) is 15.0 Å². The van der Waals surface area contributed by atoms with Crippen molar-refractivity contribution in [3.05, 3.63) is 34.9 Å². The van der Waals surface area contributed by atoms with Crippen LogP contribution in [0.4, 0.5) is 4.79 Å². The van der Waals surface area contributed by atoms with Crippen molar-refractivity contribution in [2.24, 2.45) is 0 Å². The Kier molecular flexibility index (Phi) is 5.20.